The largest absolute Gasteiger partial charge is 0.350 e. The monoisotopic (exact) mass is 351 g/mol. The standard InChI is InChI=1S/C18H11BrN2O/c19-10-5-6-13-15(9-10)21-8-7-12-11-3-1-2-4-14(11)20-16(12)17(21)18(13)22/h1-7,9,20H,8H2/p+1. The lowest BCUT2D eigenvalue weighted by Gasteiger charge is -2.14. The number of aromatic amines is 1. The van der Waals surface area contributed by atoms with Crippen LogP contribution in [0.2, 0.25) is 0 Å². The number of hydrogen-bond acceptors (Lipinski definition) is 1. The molecule has 22 heavy (non-hydrogen) atoms. The lowest BCUT2D eigenvalue weighted by atomic mass is 10.1. The number of nitrogens with one attached hydrogen (secondary N) is 2. The van der Waals surface area contributed by atoms with Gasteiger partial charge in [-0.25, -0.2) is 0 Å². The Labute approximate surface area is 134 Å². The summed E-state index contributed by atoms with van der Waals surface area (Å²) >= 11 is 3.51. The molecule has 2 aliphatic heterocycles. The molecular weight excluding hydrogens is 340 g/mol. The number of benzene rings is 2. The minimum Gasteiger partial charge on any atom is -0.350 e. The number of carbonyl (C=O) groups excluding carboxylic acids is 1. The van der Waals surface area contributed by atoms with Crippen LogP contribution >= 0.6 is 15.9 Å². The lowest BCUT2D eigenvalue weighted by molar-refractivity contribution is -0.738. The fourth-order valence-corrected chi connectivity index (χ4v) is 3.99. The third-order valence-corrected chi connectivity index (χ3v) is 5.08. The second kappa shape index (κ2) is 4.18. The SMILES string of the molecule is O=C1C2=c3[nH]c4ccccc4c3=CC[NH+]2c2cc(Br)ccc21. The molecule has 4 heteroatoms. The summed E-state index contributed by atoms with van der Waals surface area (Å²) < 4.78 is 1.01. The van der Waals surface area contributed by atoms with Gasteiger partial charge in [0.1, 0.15) is 17.6 Å². The van der Waals surface area contributed by atoms with Gasteiger partial charge in [0.05, 0.1) is 5.56 Å². The molecule has 0 fully saturated rings. The van der Waals surface area contributed by atoms with E-state index in [1.807, 2.05) is 24.3 Å². The minimum atomic E-state index is 0.137. The van der Waals surface area contributed by atoms with Crippen molar-refractivity contribution in [1.29, 1.82) is 0 Å². The highest BCUT2D eigenvalue weighted by Gasteiger charge is 2.40. The Hall–Kier alpha value is -2.17. The van der Waals surface area contributed by atoms with E-state index < -0.39 is 0 Å². The maximum absolute atomic E-state index is 12.9. The van der Waals surface area contributed by atoms with Gasteiger partial charge in [-0.3, -0.25) is 9.69 Å². The van der Waals surface area contributed by atoms with Crippen molar-refractivity contribution < 1.29 is 9.69 Å². The Kier molecular flexibility index (Phi) is 2.35. The maximum Gasteiger partial charge on any atom is 0.254 e. The summed E-state index contributed by atoms with van der Waals surface area (Å²) in [6, 6.07) is 14.1. The second-order valence-corrected chi connectivity index (χ2v) is 6.66. The van der Waals surface area contributed by atoms with Gasteiger partial charge in [-0.15, -0.1) is 0 Å². The Morgan fingerprint density at radius 3 is 2.91 bits per heavy atom. The molecule has 5 rings (SSSR count). The molecule has 3 heterocycles. The Balaban J connectivity index is 1.92. The van der Waals surface area contributed by atoms with Crippen molar-refractivity contribution in [2.24, 2.45) is 0 Å². The first-order chi connectivity index (χ1) is 10.7. The predicted octanol–water partition coefficient (Wildman–Crippen LogP) is 1.25. The summed E-state index contributed by atoms with van der Waals surface area (Å²) in [4.78, 5) is 17.5. The zero-order valence-electron chi connectivity index (χ0n) is 11.6. The molecule has 2 N–H and O–H groups in total. The molecule has 0 saturated heterocycles. The van der Waals surface area contributed by atoms with E-state index in [0.717, 1.165) is 48.9 Å². The summed E-state index contributed by atoms with van der Waals surface area (Å²) in [5.41, 5.74) is 3.81. The molecule has 0 saturated carbocycles. The molecule has 1 atom stereocenters. The van der Waals surface area contributed by atoms with Gasteiger partial charge in [-0.1, -0.05) is 34.1 Å². The van der Waals surface area contributed by atoms with Crippen LogP contribution in [-0.4, -0.2) is 17.3 Å². The van der Waals surface area contributed by atoms with Crippen molar-refractivity contribution >= 4 is 50.1 Å². The van der Waals surface area contributed by atoms with Gasteiger partial charge >= 0.3 is 0 Å². The van der Waals surface area contributed by atoms with E-state index in [2.05, 4.69) is 45.2 Å². The van der Waals surface area contributed by atoms with Crippen molar-refractivity contribution in [3.8, 4) is 0 Å². The normalized spacial score (nSPS) is 18.9. The van der Waals surface area contributed by atoms with Crippen molar-refractivity contribution in [2.75, 3.05) is 6.54 Å². The first kappa shape index (κ1) is 12.4. The molecule has 3 aromatic rings. The van der Waals surface area contributed by atoms with Crippen LogP contribution in [0.1, 0.15) is 10.4 Å². The van der Waals surface area contributed by atoms with E-state index in [4.69, 9.17) is 0 Å². The third-order valence-electron chi connectivity index (χ3n) is 4.59. The van der Waals surface area contributed by atoms with Crippen molar-refractivity contribution in [3.05, 3.63) is 63.1 Å². The van der Waals surface area contributed by atoms with E-state index in [9.17, 15) is 4.79 Å². The molecule has 1 unspecified atom stereocenters. The molecule has 2 aromatic carbocycles. The number of para-hydroxylation sites is 1. The number of H-pyrrole nitrogens is 1. The number of aromatic nitrogens is 1. The molecule has 2 aliphatic rings. The van der Waals surface area contributed by atoms with Crippen LogP contribution in [-0.2, 0) is 0 Å². The fourth-order valence-electron chi connectivity index (χ4n) is 3.62. The molecule has 3 nitrogen and oxygen atoms in total. The van der Waals surface area contributed by atoms with Crippen LogP contribution < -0.4 is 15.5 Å². The summed E-state index contributed by atoms with van der Waals surface area (Å²) in [6.07, 6.45) is 2.23. The van der Waals surface area contributed by atoms with Gasteiger partial charge in [-0.2, -0.15) is 0 Å². The molecule has 106 valence electrons. The highest BCUT2D eigenvalue weighted by molar-refractivity contribution is 9.10. The van der Waals surface area contributed by atoms with E-state index in [1.54, 1.807) is 0 Å². The number of rotatable bonds is 0. The first-order valence-electron chi connectivity index (χ1n) is 7.26. The second-order valence-electron chi connectivity index (χ2n) is 5.74. The van der Waals surface area contributed by atoms with Gasteiger partial charge in [0.15, 0.2) is 0 Å². The van der Waals surface area contributed by atoms with Crippen molar-refractivity contribution in [2.45, 2.75) is 0 Å². The Bertz CT molecular complexity index is 1090. The van der Waals surface area contributed by atoms with E-state index in [0.29, 0.717) is 0 Å². The first-order valence-corrected chi connectivity index (χ1v) is 8.05. The summed E-state index contributed by atoms with van der Waals surface area (Å²) in [6.45, 7) is 0.805. The lowest BCUT2D eigenvalue weighted by Crippen LogP contribution is -3.05. The number of hydrogen-bond donors (Lipinski definition) is 2. The molecule has 0 aliphatic carbocycles. The number of halogens is 1. The average Bonchev–Trinajstić information content (AvgIpc) is 3.03. The number of Topliss-reactive ketones (excluding diaryl/α,β-unsaturated/α-hetero) is 1. The smallest absolute Gasteiger partial charge is 0.254 e. The topological polar surface area (TPSA) is 37.3 Å². The van der Waals surface area contributed by atoms with E-state index in [1.165, 1.54) is 5.39 Å². The van der Waals surface area contributed by atoms with Crippen molar-refractivity contribution in [3.63, 3.8) is 0 Å². The highest BCUT2D eigenvalue weighted by atomic mass is 79.9. The third kappa shape index (κ3) is 1.46. The van der Waals surface area contributed by atoms with Crippen LogP contribution in [0.15, 0.2) is 46.9 Å². The van der Waals surface area contributed by atoms with Crippen molar-refractivity contribution in [1.82, 2.24) is 4.98 Å². The Morgan fingerprint density at radius 1 is 1.14 bits per heavy atom. The van der Waals surface area contributed by atoms with Gasteiger partial charge in [-0.05, 0) is 24.3 Å². The summed E-state index contributed by atoms with van der Waals surface area (Å²) in [5, 5.41) is 3.32. The summed E-state index contributed by atoms with van der Waals surface area (Å²) in [7, 11) is 0. The van der Waals surface area contributed by atoms with Gasteiger partial charge < -0.3 is 4.98 Å². The summed E-state index contributed by atoms with van der Waals surface area (Å²) in [5.74, 6) is 0.137. The average molecular weight is 352 g/mol. The van der Waals surface area contributed by atoms with Crippen LogP contribution in [0.4, 0.5) is 5.69 Å². The van der Waals surface area contributed by atoms with Crippen LogP contribution in [0.3, 0.4) is 0 Å². The van der Waals surface area contributed by atoms with E-state index in [-0.39, 0.29) is 5.78 Å². The van der Waals surface area contributed by atoms with Crippen LogP contribution in [0.25, 0.3) is 22.7 Å². The zero-order chi connectivity index (χ0) is 14.8. The molecule has 0 amide bonds. The number of ketones is 1. The Morgan fingerprint density at radius 2 is 2.00 bits per heavy atom. The molecule has 0 radical (unpaired) electrons. The predicted molar refractivity (Wildman–Crippen MR) is 89.4 cm³/mol. The number of quaternary nitrogens is 1. The van der Waals surface area contributed by atoms with E-state index >= 15 is 0 Å². The van der Waals surface area contributed by atoms with Crippen LogP contribution in [0.5, 0.6) is 0 Å². The quantitative estimate of drug-likeness (QED) is 0.628. The van der Waals surface area contributed by atoms with Gasteiger partial charge in [0, 0.05) is 26.7 Å². The number of fused-ring (bicyclic) bond motifs is 6. The molecule has 1 aromatic heterocycles. The maximum atomic E-state index is 12.9. The molecule has 0 spiro atoms. The highest BCUT2D eigenvalue weighted by Crippen LogP contribution is 2.25. The van der Waals surface area contributed by atoms with Crippen LogP contribution in [0, 0.1) is 0 Å². The number of carbonyl (C=O) groups is 1. The fraction of sp³-hybridized carbons (Fsp3) is 0.0556. The minimum absolute atomic E-state index is 0.137. The van der Waals surface area contributed by atoms with Gasteiger partial charge in [0.2, 0.25) is 5.70 Å². The zero-order valence-corrected chi connectivity index (χ0v) is 13.2. The van der Waals surface area contributed by atoms with Gasteiger partial charge in [0.25, 0.3) is 5.78 Å². The molecular formula is C18H12BrN2O+. The molecule has 0 bridgehead atoms.